The molecule has 28 heavy (non-hydrogen) atoms. The molecule has 150 valence electrons. The maximum atomic E-state index is 12.6. The van der Waals surface area contributed by atoms with Crippen LogP contribution in [0.2, 0.25) is 5.02 Å². The molecular formula is C17H17ClN2O6S2. The lowest BCUT2D eigenvalue weighted by atomic mass is 10.2. The summed E-state index contributed by atoms with van der Waals surface area (Å²) in [6.45, 7) is 1.53. The Morgan fingerprint density at radius 2 is 1.82 bits per heavy atom. The summed E-state index contributed by atoms with van der Waals surface area (Å²) < 4.78 is 57.8. The number of methoxy groups -OCH3 is 1. The molecule has 0 aromatic heterocycles. The Morgan fingerprint density at radius 3 is 2.36 bits per heavy atom. The van der Waals surface area contributed by atoms with E-state index in [0.717, 1.165) is 0 Å². The molecule has 1 aliphatic heterocycles. The van der Waals surface area contributed by atoms with Gasteiger partial charge in [-0.25, -0.2) is 21.1 Å². The molecule has 8 nitrogen and oxygen atoms in total. The zero-order valence-electron chi connectivity index (χ0n) is 14.9. The number of sulfonamides is 2. The van der Waals surface area contributed by atoms with Crippen molar-refractivity contribution in [2.75, 3.05) is 21.9 Å². The highest BCUT2D eigenvalue weighted by atomic mass is 35.5. The SMILES string of the molecule is COc1ccc(Cl)cc1NS(=O)(=O)c1ccc(N2C(=O)[C@H](C)CS2(=O)=O)cc1. The van der Waals surface area contributed by atoms with Crippen molar-refractivity contribution in [3.8, 4) is 5.75 Å². The smallest absolute Gasteiger partial charge is 0.262 e. The highest BCUT2D eigenvalue weighted by molar-refractivity contribution is 7.94. The van der Waals surface area contributed by atoms with Gasteiger partial charge in [-0.05, 0) is 42.5 Å². The lowest BCUT2D eigenvalue weighted by Gasteiger charge is -2.16. The number of carbonyl (C=O) groups excluding carboxylic acids is 1. The van der Waals surface area contributed by atoms with Crippen LogP contribution < -0.4 is 13.8 Å². The number of nitrogens with zero attached hydrogens (tertiary/aromatic N) is 1. The van der Waals surface area contributed by atoms with E-state index >= 15 is 0 Å². The van der Waals surface area contributed by atoms with Gasteiger partial charge < -0.3 is 4.74 Å². The van der Waals surface area contributed by atoms with Crippen molar-refractivity contribution in [2.24, 2.45) is 5.92 Å². The average molecular weight is 445 g/mol. The minimum atomic E-state index is -4.00. The zero-order valence-corrected chi connectivity index (χ0v) is 17.3. The molecule has 0 radical (unpaired) electrons. The molecule has 0 bridgehead atoms. The van der Waals surface area contributed by atoms with Gasteiger partial charge in [0.15, 0.2) is 0 Å². The molecule has 2 aromatic rings. The van der Waals surface area contributed by atoms with Crippen molar-refractivity contribution in [1.29, 1.82) is 0 Å². The predicted octanol–water partition coefficient (Wildman–Crippen LogP) is 2.46. The number of benzene rings is 2. The normalized spacial score (nSPS) is 18.9. The first-order valence-electron chi connectivity index (χ1n) is 8.08. The van der Waals surface area contributed by atoms with Crippen LogP contribution in [0.3, 0.4) is 0 Å². The van der Waals surface area contributed by atoms with Crippen LogP contribution in [-0.4, -0.2) is 35.6 Å². The number of rotatable bonds is 5. The van der Waals surface area contributed by atoms with Crippen LogP contribution >= 0.6 is 11.6 Å². The van der Waals surface area contributed by atoms with Gasteiger partial charge in [-0.15, -0.1) is 0 Å². The van der Waals surface area contributed by atoms with Gasteiger partial charge in [-0.3, -0.25) is 9.52 Å². The Kier molecular flexibility index (Phi) is 5.30. The molecule has 3 rings (SSSR count). The third-order valence-corrected chi connectivity index (χ3v) is 7.63. The second-order valence-corrected chi connectivity index (χ2v) is 10.2. The highest BCUT2D eigenvalue weighted by Gasteiger charge is 2.42. The molecule has 0 aliphatic carbocycles. The zero-order chi connectivity index (χ0) is 20.7. The third kappa shape index (κ3) is 3.80. The van der Waals surface area contributed by atoms with Crippen LogP contribution in [0.4, 0.5) is 11.4 Å². The Balaban J connectivity index is 1.91. The quantitative estimate of drug-likeness (QED) is 0.758. The van der Waals surface area contributed by atoms with Gasteiger partial charge in [0.25, 0.3) is 10.0 Å². The van der Waals surface area contributed by atoms with E-state index in [-0.39, 0.29) is 27.8 Å². The van der Waals surface area contributed by atoms with Crippen LogP contribution in [0.5, 0.6) is 5.75 Å². The summed E-state index contributed by atoms with van der Waals surface area (Å²) in [5.74, 6) is -1.18. The predicted molar refractivity (Wildman–Crippen MR) is 106 cm³/mol. The summed E-state index contributed by atoms with van der Waals surface area (Å²) in [6, 6.07) is 9.48. The van der Waals surface area contributed by atoms with E-state index in [0.29, 0.717) is 9.33 Å². The summed E-state index contributed by atoms with van der Waals surface area (Å²) in [5.41, 5.74) is 0.249. The maximum absolute atomic E-state index is 12.6. The van der Waals surface area contributed by atoms with Gasteiger partial charge in [-0.2, -0.15) is 0 Å². The first kappa shape index (κ1) is 20.4. The standard InChI is InChI=1S/C17H17ClN2O6S2/c1-11-10-27(22,23)20(17(11)21)13-4-6-14(7-5-13)28(24,25)19-15-9-12(18)3-8-16(15)26-2/h3-9,11,19H,10H2,1-2H3/t11-/m1/s1. The monoisotopic (exact) mass is 444 g/mol. The first-order chi connectivity index (χ1) is 13.0. The molecule has 1 atom stereocenters. The fourth-order valence-corrected chi connectivity index (χ4v) is 5.87. The Hall–Kier alpha value is -2.30. The van der Waals surface area contributed by atoms with Crippen LogP contribution in [0.15, 0.2) is 47.4 Å². The van der Waals surface area contributed by atoms with E-state index in [2.05, 4.69) is 4.72 Å². The second kappa shape index (κ2) is 7.26. The van der Waals surface area contributed by atoms with E-state index in [4.69, 9.17) is 16.3 Å². The molecule has 1 fully saturated rings. The molecule has 1 amide bonds. The molecule has 1 saturated heterocycles. The van der Waals surface area contributed by atoms with Crippen LogP contribution in [-0.2, 0) is 24.8 Å². The van der Waals surface area contributed by atoms with Crippen molar-refractivity contribution < 1.29 is 26.4 Å². The van der Waals surface area contributed by atoms with E-state index in [1.54, 1.807) is 6.07 Å². The largest absolute Gasteiger partial charge is 0.495 e. The number of hydrogen-bond donors (Lipinski definition) is 1. The lowest BCUT2D eigenvalue weighted by molar-refractivity contribution is -0.119. The molecule has 0 unspecified atom stereocenters. The van der Waals surface area contributed by atoms with Gasteiger partial charge in [0.05, 0.1) is 35.1 Å². The van der Waals surface area contributed by atoms with E-state index in [9.17, 15) is 21.6 Å². The number of amides is 1. The molecule has 0 saturated carbocycles. The Morgan fingerprint density at radius 1 is 1.18 bits per heavy atom. The maximum Gasteiger partial charge on any atom is 0.262 e. The molecule has 1 heterocycles. The van der Waals surface area contributed by atoms with E-state index in [1.807, 2.05) is 0 Å². The van der Waals surface area contributed by atoms with E-state index < -0.39 is 31.9 Å². The first-order valence-corrected chi connectivity index (χ1v) is 11.6. The van der Waals surface area contributed by atoms with Gasteiger partial charge >= 0.3 is 0 Å². The molecule has 1 aliphatic rings. The van der Waals surface area contributed by atoms with Crippen molar-refractivity contribution in [2.45, 2.75) is 11.8 Å². The molecular weight excluding hydrogens is 428 g/mol. The lowest BCUT2D eigenvalue weighted by Crippen LogP contribution is -2.30. The number of hydrogen-bond acceptors (Lipinski definition) is 6. The Bertz CT molecular complexity index is 1130. The van der Waals surface area contributed by atoms with Gasteiger partial charge in [-0.1, -0.05) is 18.5 Å². The number of anilines is 2. The van der Waals surface area contributed by atoms with Crippen molar-refractivity contribution in [3.63, 3.8) is 0 Å². The van der Waals surface area contributed by atoms with Crippen LogP contribution in [0.1, 0.15) is 6.92 Å². The molecule has 2 aromatic carbocycles. The van der Waals surface area contributed by atoms with Crippen molar-refractivity contribution >= 4 is 48.9 Å². The number of ether oxygens (including phenoxy) is 1. The van der Waals surface area contributed by atoms with Crippen LogP contribution in [0, 0.1) is 5.92 Å². The highest BCUT2D eigenvalue weighted by Crippen LogP contribution is 2.31. The summed E-state index contributed by atoms with van der Waals surface area (Å²) in [7, 11) is -6.37. The van der Waals surface area contributed by atoms with Gasteiger partial charge in [0.1, 0.15) is 5.75 Å². The number of nitrogens with one attached hydrogen (secondary N) is 1. The summed E-state index contributed by atoms with van der Waals surface area (Å²) in [5, 5.41) is 0.320. The summed E-state index contributed by atoms with van der Waals surface area (Å²) in [4.78, 5) is 12.0. The topological polar surface area (TPSA) is 110 Å². The summed E-state index contributed by atoms with van der Waals surface area (Å²) in [6.07, 6.45) is 0. The average Bonchev–Trinajstić information content (AvgIpc) is 2.82. The van der Waals surface area contributed by atoms with Crippen molar-refractivity contribution in [1.82, 2.24) is 0 Å². The van der Waals surface area contributed by atoms with Crippen LogP contribution in [0.25, 0.3) is 0 Å². The van der Waals surface area contributed by atoms with E-state index in [1.165, 1.54) is 50.4 Å². The summed E-state index contributed by atoms with van der Waals surface area (Å²) >= 11 is 5.91. The van der Waals surface area contributed by atoms with Crippen molar-refractivity contribution in [3.05, 3.63) is 47.5 Å². The Labute approximate surface area is 168 Å². The minimum Gasteiger partial charge on any atom is -0.495 e. The van der Waals surface area contributed by atoms with Gasteiger partial charge in [0.2, 0.25) is 15.9 Å². The number of carbonyl (C=O) groups is 1. The number of halogens is 1. The second-order valence-electron chi connectivity index (χ2n) is 6.23. The third-order valence-electron chi connectivity index (χ3n) is 4.15. The molecule has 1 N–H and O–H groups in total. The molecule has 11 heteroatoms. The fraction of sp³-hybridized carbons (Fsp3) is 0.235. The fourth-order valence-electron chi connectivity index (χ4n) is 2.81. The molecule has 0 spiro atoms. The van der Waals surface area contributed by atoms with Gasteiger partial charge in [0, 0.05) is 5.02 Å². The minimum absolute atomic E-state index is 0.0913.